The fourth-order valence-electron chi connectivity index (χ4n) is 3.97. The molecule has 0 aliphatic carbocycles. The molecule has 2 fully saturated rings. The number of likely N-dealkylation sites (tertiary alicyclic amines) is 1. The molecule has 152 valence electrons. The van der Waals surface area contributed by atoms with Crippen LogP contribution in [0.15, 0.2) is 24.3 Å². The summed E-state index contributed by atoms with van der Waals surface area (Å²) < 4.78 is 17.4. The highest BCUT2D eigenvalue weighted by atomic mass is 16.6. The van der Waals surface area contributed by atoms with Gasteiger partial charge >= 0.3 is 6.03 Å². The molecule has 4 rings (SSSR count). The van der Waals surface area contributed by atoms with Crippen molar-refractivity contribution in [1.82, 2.24) is 15.1 Å². The number of benzene rings is 1. The lowest BCUT2D eigenvalue weighted by molar-refractivity contribution is -0.167. The van der Waals surface area contributed by atoms with Crippen molar-refractivity contribution in [3.8, 4) is 11.5 Å². The zero-order valence-corrected chi connectivity index (χ0v) is 16.2. The molecule has 1 atom stereocenters. The van der Waals surface area contributed by atoms with Crippen molar-refractivity contribution in [2.24, 2.45) is 0 Å². The van der Waals surface area contributed by atoms with Gasteiger partial charge in [0.05, 0.1) is 5.60 Å². The second-order valence-corrected chi connectivity index (χ2v) is 7.73. The van der Waals surface area contributed by atoms with Crippen molar-refractivity contribution in [3.05, 3.63) is 24.3 Å². The number of ether oxygens (including phenoxy) is 3. The summed E-state index contributed by atoms with van der Waals surface area (Å²) >= 11 is 0. The van der Waals surface area contributed by atoms with E-state index in [0.717, 1.165) is 24.3 Å². The summed E-state index contributed by atoms with van der Waals surface area (Å²) in [5, 5.41) is 2.98. The fraction of sp³-hybridized carbons (Fsp3) is 0.600. The van der Waals surface area contributed by atoms with Crippen LogP contribution in [-0.2, 0) is 9.53 Å². The summed E-state index contributed by atoms with van der Waals surface area (Å²) in [4.78, 5) is 27.6. The minimum Gasteiger partial charge on any atom is -0.486 e. The molecule has 0 radical (unpaired) electrons. The lowest BCUT2D eigenvalue weighted by atomic mass is 9.89. The average molecular weight is 389 g/mol. The summed E-state index contributed by atoms with van der Waals surface area (Å²) in [7, 11) is 1.81. The zero-order chi connectivity index (χ0) is 19.6. The van der Waals surface area contributed by atoms with Gasteiger partial charge in [0.1, 0.15) is 19.3 Å². The van der Waals surface area contributed by atoms with E-state index < -0.39 is 0 Å². The number of urea groups is 1. The number of nitrogens with one attached hydrogen (secondary N) is 1. The van der Waals surface area contributed by atoms with Crippen LogP contribution in [0.25, 0.3) is 0 Å². The summed E-state index contributed by atoms with van der Waals surface area (Å²) in [5.41, 5.74) is -0.305. The van der Waals surface area contributed by atoms with Crippen molar-refractivity contribution in [2.45, 2.75) is 31.0 Å². The minimum atomic E-state index is -0.305. The van der Waals surface area contributed by atoms with Crippen LogP contribution < -0.4 is 14.8 Å². The predicted molar refractivity (Wildman–Crippen MR) is 101 cm³/mol. The first-order valence-corrected chi connectivity index (χ1v) is 9.84. The van der Waals surface area contributed by atoms with Gasteiger partial charge in [0.25, 0.3) is 0 Å². The molecule has 3 amide bonds. The molecule has 3 aliphatic heterocycles. The average Bonchev–Trinajstić information content (AvgIpc) is 2.71. The predicted octanol–water partition coefficient (Wildman–Crippen LogP) is 1.25. The van der Waals surface area contributed by atoms with Gasteiger partial charge in [-0.05, 0) is 25.0 Å². The van der Waals surface area contributed by atoms with E-state index in [2.05, 4.69) is 5.32 Å². The third kappa shape index (κ3) is 4.01. The molecule has 0 saturated carbocycles. The molecule has 0 bridgehead atoms. The van der Waals surface area contributed by atoms with Crippen molar-refractivity contribution in [3.63, 3.8) is 0 Å². The molecule has 1 aromatic rings. The highest BCUT2D eigenvalue weighted by Gasteiger charge is 2.41. The number of fused-ring (bicyclic) bond motifs is 1. The number of likely N-dealkylation sites (N-methyl/N-ethyl adjacent to an activating group) is 1. The maximum atomic E-state index is 12.5. The standard InChI is InChI=1S/C20H27N3O5/c1-22-14-20(27-13-18(22)24)7-10-23(11-8-20)19(25)21-9-6-15-12-26-16-4-2-3-5-17(16)28-15/h2-5,15H,6-14H2,1H3,(H,21,25)/t15-/m0/s1. The first-order valence-electron chi connectivity index (χ1n) is 9.84. The van der Waals surface area contributed by atoms with E-state index in [0.29, 0.717) is 39.2 Å². The van der Waals surface area contributed by atoms with Crippen molar-refractivity contribution in [1.29, 1.82) is 0 Å². The number of para-hydroxylation sites is 2. The molecular formula is C20H27N3O5. The van der Waals surface area contributed by atoms with Crippen molar-refractivity contribution >= 4 is 11.9 Å². The van der Waals surface area contributed by atoms with E-state index in [1.165, 1.54) is 0 Å². The first-order chi connectivity index (χ1) is 13.5. The molecule has 3 aliphatic rings. The van der Waals surface area contributed by atoms with E-state index in [-0.39, 0.29) is 30.3 Å². The van der Waals surface area contributed by atoms with E-state index >= 15 is 0 Å². The van der Waals surface area contributed by atoms with Gasteiger partial charge in [0.15, 0.2) is 11.5 Å². The number of carbonyl (C=O) groups excluding carboxylic acids is 2. The third-order valence-corrected chi connectivity index (χ3v) is 5.72. The molecule has 8 nitrogen and oxygen atoms in total. The van der Waals surface area contributed by atoms with E-state index in [9.17, 15) is 9.59 Å². The lowest BCUT2D eigenvalue weighted by Gasteiger charge is -2.46. The molecule has 1 aromatic carbocycles. The highest BCUT2D eigenvalue weighted by molar-refractivity contribution is 5.78. The summed E-state index contributed by atoms with van der Waals surface area (Å²) in [6, 6.07) is 7.55. The van der Waals surface area contributed by atoms with E-state index in [1.54, 1.807) is 11.9 Å². The quantitative estimate of drug-likeness (QED) is 0.842. The number of hydrogen-bond donors (Lipinski definition) is 1. The minimum absolute atomic E-state index is 0.0160. The van der Waals surface area contributed by atoms with E-state index in [4.69, 9.17) is 14.2 Å². The number of carbonyl (C=O) groups is 2. The van der Waals surface area contributed by atoms with Gasteiger partial charge in [-0.2, -0.15) is 0 Å². The zero-order valence-electron chi connectivity index (χ0n) is 16.2. The van der Waals surface area contributed by atoms with Crippen LogP contribution >= 0.6 is 0 Å². The number of piperidine rings is 1. The summed E-state index contributed by atoms with van der Waals surface area (Å²) in [6.07, 6.45) is 2.11. The maximum Gasteiger partial charge on any atom is 0.317 e. The Labute approximate surface area is 164 Å². The molecule has 8 heteroatoms. The molecule has 1 N–H and O–H groups in total. The highest BCUT2D eigenvalue weighted by Crippen LogP contribution is 2.32. The summed E-state index contributed by atoms with van der Waals surface area (Å²) in [6.45, 7) is 3.01. The Morgan fingerprint density at radius 1 is 1.25 bits per heavy atom. The van der Waals surface area contributed by atoms with Gasteiger partial charge in [0, 0.05) is 39.6 Å². The SMILES string of the molecule is CN1CC2(CCN(C(=O)NCC[C@H]3COc4ccccc4O3)CC2)OCC1=O. The first kappa shape index (κ1) is 18.9. The second kappa shape index (κ2) is 7.87. The van der Waals surface area contributed by atoms with Crippen LogP contribution in [0.1, 0.15) is 19.3 Å². The number of morpholine rings is 1. The summed E-state index contributed by atoms with van der Waals surface area (Å²) in [5.74, 6) is 1.53. The van der Waals surface area contributed by atoms with Gasteiger partial charge in [-0.25, -0.2) is 4.79 Å². The lowest BCUT2D eigenvalue weighted by Crippen LogP contribution is -2.59. The normalized spacial score (nSPS) is 23.6. The van der Waals surface area contributed by atoms with Crippen LogP contribution in [-0.4, -0.2) is 79.9 Å². The van der Waals surface area contributed by atoms with Crippen molar-refractivity contribution in [2.75, 3.05) is 46.4 Å². The van der Waals surface area contributed by atoms with Crippen LogP contribution in [0, 0.1) is 0 Å². The largest absolute Gasteiger partial charge is 0.486 e. The molecule has 2 saturated heterocycles. The monoisotopic (exact) mass is 389 g/mol. The number of amides is 3. The van der Waals surface area contributed by atoms with Crippen LogP contribution in [0.5, 0.6) is 11.5 Å². The number of rotatable bonds is 3. The van der Waals surface area contributed by atoms with Gasteiger partial charge in [-0.3, -0.25) is 4.79 Å². The Kier molecular flexibility index (Phi) is 5.30. The van der Waals surface area contributed by atoms with Gasteiger partial charge < -0.3 is 29.3 Å². The maximum absolute atomic E-state index is 12.5. The van der Waals surface area contributed by atoms with Gasteiger partial charge in [-0.1, -0.05) is 12.1 Å². The Balaban J connectivity index is 1.19. The third-order valence-electron chi connectivity index (χ3n) is 5.72. The number of nitrogens with zero attached hydrogens (tertiary/aromatic N) is 2. The van der Waals surface area contributed by atoms with E-state index in [1.807, 2.05) is 29.2 Å². The number of hydrogen-bond acceptors (Lipinski definition) is 5. The van der Waals surface area contributed by atoms with Gasteiger partial charge in [-0.15, -0.1) is 0 Å². The molecule has 0 unspecified atom stereocenters. The van der Waals surface area contributed by atoms with Crippen LogP contribution in [0.3, 0.4) is 0 Å². The molecule has 28 heavy (non-hydrogen) atoms. The Morgan fingerprint density at radius 2 is 2.00 bits per heavy atom. The Bertz CT molecular complexity index is 732. The Hall–Kier alpha value is -2.48. The molecular weight excluding hydrogens is 362 g/mol. The smallest absolute Gasteiger partial charge is 0.317 e. The fourth-order valence-corrected chi connectivity index (χ4v) is 3.97. The topological polar surface area (TPSA) is 80.3 Å². The molecule has 1 spiro atoms. The van der Waals surface area contributed by atoms with Crippen LogP contribution in [0.4, 0.5) is 4.79 Å². The molecule has 3 heterocycles. The van der Waals surface area contributed by atoms with Crippen molar-refractivity contribution < 1.29 is 23.8 Å². The second-order valence-electron chi connectivity index (χ2n) is 7.73. The Morgan fingerprint density at radius 3 is 2.75 bits per heavy atom. The van der Waals surface area contributed by atoms with Crippen LogP contribution in [0.2, 0.25) is 0 Å². The van der Waals surface area contributed by atoms with Gasteiger partial charge in [0.2, 0.25) is 5.91 Å². The molecule has 0 aromatic heterocycles.